The van der Waals surface area contributed by atoms with Gasteiger partial charge in [-0.1, -0.05) is 17.7 Å². The van der Waals surface area contributed by atoms with Gasteiger partial charge in [0, 0.05) is 22.9 Å². The molecular formula is C15H15ClN4O3S. The molecule has 24 heavy (non-hydrogen) atoms. The number of benzene rings is 1. The summed E-state index contributed by atoms with van der Waals surface area (Å²) in [6.07, 6.45) is 1.95. The smallest absolute Gasteiger partial charge is 0.274 e. The molecule has 1 amide bonds. The Morgan fingerprint density at radius 1 is 1.29 bits per heavy atom. The second-order valence-corrected chi connectivity index (χ2v) is 8.14. The Bertz CT molecular complexity index is 873. The second-order valence-electron chi connectivity index (χ2n) is 5.47. The number of halogens is 1. The van der Waals surface area contributed by atoms with Crippen molar-refractivity contribution in [3.8, 4) is 0 Å². The number of nitrogens with zero attached hydrogens (tertiary/aromatic N) is 2. The summed E-state index contributed by atoms with van der Waals surface area (Å²) in [4.78, 5) is 20.4. The molecule has 0 aliphatic carbocycles. The lowest BCUT2D eigenvalue weighted by Gasteiger charge is -2.11. The van der Waals surface area contributed by atoms with Crippen molar-refractivity contribution in [1.82, 2.24) is 9.97 Å². The molecule has 1 aliphatic rings. The van der Waals surface area contributed by atoms with Crippen LogP contribution in [-0.2, 0) is 9.84 Å². The molecular weight excluding hydrogens is 352 g/mol. The summed E-state index contributed by atoms with van der Waals surface area (Å²) in [6, 6.07) is 8.03. The number of carbonyl (C=O) groups is 1. The molecule has 0 radical (unpaired) electrons. The zero-order chi connectivity index (χ0) is 17.2. The first-order chi connectivity index (χ1) is 11.4. The molecule has 2 aromatic rings. The van der Waals surface area contributed by atoms with Crippen LogP contribution in [0.4, 0.5) is 11.6 Å². The van der Waals surface area contributed by atoms with Crippen LogP contribution in [0.1, 0.15) is 16.9 Å². The number of amides is 1. The minimum Gasteiger partial charge on any atom is -0.350 e. The minimum absolute atomic E-state index is 0.0509. The van der Waals surface area contributed by atoms with Gasteiger partial charge in [0.05, 0.1) is 11.5 Å². The molecule has 0 saturated carbocycles. The Morgan fingerprint density at radius 2 is 2.12 bits per heavy atom. The first-order valence-electron chi connectivity index (χ1n) is 7.28. The highest BCUT2D eigenvalue weighted by molar-refractivity contribution is 7.91. The average molecular weight is 367 g/mol. The molecule has 1 saturated heterocycles. The standard InChI is InChI=1S/C15H15ClN4O3S/c16-10-2-1-3-11(8-10)18-14(21)13-4-6-17-15(20-13)19-12-5-7-24(22,23)9-12/h1-4,6,8,12H,5,7,9H2,(H,18,21)(H,17,19,20). The summed E-state index contributed by atoms with van der Waals surface area (Å²) < 4.78 is 23.0. The van der Waals surface area contributed by atoms with Gasteiger partial charge in [-0.2, -0.15) is 0 Å². The zero-order valence-electron chi connectivity index (χ0n) is 12.6. The predicted molar refractivity (Wildman–Crippen MR) is 92.1 cm³/mol. The fourth-order valence-corrected chi connectivity index (χ4v) is 4.27. The van der Waals surface area contributed by atoms with Gasteiger partial charge in [0.2, 0.25) is 5.95 Å². The second kappa shape index (κ2) is 6.74. The Labute approximate surface area is 144 Å². The molecule has 1 atom stereocenters. The van der Waals surface area contributed by atoms with E-state index in [2.05, 4.69) is 20.6 Å². The van der Waals surface area contributed by atoms with E-state index in [1.165, 1.54) is 12.3 Å². The van der Waals surface area contributed by atoms with Gasteiger partial charge < -0.3 is 10.6 Å². The maximum Gasteiger partial charge on any atom is 0.274 e. The van der Waals surface area contributed by atoms with Gasteiger partial charge in [0.1, 0.15) is 5.69 Å². The molecule has 3 rings (SSSR count). The van der Waals surface area contributed by atoms with E-state index in [-0.39, 0.29) is 29.2 Å². The predicted octanol–water partition coefficient (Wildman–Crippen LogP) is 1.98. The van der Waals surface area contributed by atoms with E-state index < -0.39 is 15.7 Å². The number of anilines is 2. The van der Waals surface area contributed by atoms with Crippen LogP contribution in [0.3, 0.4) is 0 Å². The molecule has 1 aliphatic heterocycles. The van der Waals surface area contributed by atoms with E-state index in [1.54, 1.807) is 24.3 Å². The number of aromatic nitrogens is 2. The van der Waals surface area contributed by atoms with Crippen LogP contribution in [0.15, 0.2) is 36.5 Å². The highest BCUT2D eigenvalue weighted by Crippen LogP contribution is 2.17. The van der Waals surface area contributed by atoms with Crippen molar-refractivity contribution < 1.29 is 13.2 Å². The number of rotatable bonds is 4. The maximum atomic E-state index is 12.2. The van der Waals surface area contributed by atoms with Gasteiger partial charge in [-0.05, 0) is 30.7 Å². The third-order valence-corrected chi connectivity index (χ3v) is 5.54. The molecule has 9 heteroatoms. The topological polar surface area (TPSA) is 101 Å². The van der Waals surface area contributed by atoms with Crippen LogP contribution in [0.5, 0.6) is 0 Å². The van der Waals surface area contributed by atoms with Crippen LogP contribution in [-0.4, -0.2) is 41.8 Å². The van der Waals surface area contributed by atoms with Crippen molar-refractivity contribution in [2.45, 2.75) is 12.5 Å². The lowest BCUT2D eigenvalue weighted by atomic mass is 10.3. The maximum absolute atomic E-state index is 12.2. The lowest BCUT2D eigenvalue weighted by molar-refractivity contribution is 0.102. The SMILES string of the molecule is O=C(Nc1cccc(Cl)c1)c1ccnc(NC2CCS(=O)(=O)C2)n1. The first kappa shape index (κ1) is 16.7. The summed E-state index contributed by atoms with van der Waals surface area (Å²) in [6.45, 7) is 0. The van der Waals surface area contributed by atoms with Crippen molar-refractivity contribution >= 4 is 39.0 Å². The van der Waals surface area contributed by atoms with Crippen LogP contribution in [0, 0.1) is 0 Å². The molecule has 1 unspecified atom stereocenters. The quantitative estimate of drug-likeness (QED) is 0.858. The molecule has 2 heterocycles. The van der Waals surface area contributed by atoms with Crippen LogP contribution in [0.25, 0.3) is 0 Å². The average Bonchev–Trinajstić information content (AvgIpc) is 2.86. The first-order valence-corrected chi connectivity index (χ1v) is 9.48. The number of sulfone groups is 1. The Balaban J connectivity index is 1.69. The fraction of sp³-hybridized carbons (Fsp3) is 0.267. The number of hydrogen-bond donors (Lipinski definition) is 2. The normalized spacial score (nSPS) is 19.0. The fourth-order valence-electron chi connectivity index (χ4n) is 2.41. The van der Waals surface area contributed by atoms with Crippen molar-refractivity contribution in [2.24, 2.45) is 0 Å². The van der Waals surface area contributed by atoms with Gasteiger partial charge in [-0.25, -0.2) is 18.4 Å². The molecule has 0 spiro atoms. The summed E-state index contributed by atoms with van der Waals surface area (Å²) in [5, 5.41) is 6.17. The monoisotopic (exact) mass is 366 g/mol. The van der Waals surface area contributed by atoms with E-state index >= 15 is 0 Å². The Hall–Kier alpha value is -2.19. The van der Waals surface area contributed by atoms with Gasteiger partial charge in [-0.3, -0.25) is 4.79 Å². The molecule has 126 valence electrons. The number of hydrogen-bond acceptors (Lipinski definition) is 6. The minimum atomic E-state index is -3.00. The molecule has 0 bridgehead atoms. The number of nitrogens with one attached hydrogen (secondary N) is 2. The van der Waals surface area contributed by atoms with E-state index in [0.29, 0.717) is 17.1 Å². The lowest BCUT2D eigenvalue weighted by Crippen LogP contribution is -2.23. The van der Waals surface area contributed by atoms with Crippen molar-refractivity contribution in [3.05, 3.63) is 47.2 Å². The Kier molecular flexibility index (Phi) is 4.68. The number of carbonyl (C=O) groups excluding carboxylic acids is 1. The molecule has 2 N–H and O–H groups in total. The van der Waals surface area contributed by atoms with Crippen LogP contribution in [0.2, 0.25) is 5.02 Å². The summed E-state index contributed by atoms with van der Waals surface area (Å²) in [5.41, 5.74) is 0.732. The van der Waals surface area contributed by atoms with Gasteiger partial charge >= 0.3 is 0 Å². The molecule has 7 nitrogen and oxygen atoms in total. The van der Waals surface area contributed by atoms with Gasteiger partial charge in [0.25, 0.3) is 5.91 Å². The molecule has 1 fully saturated rings. The highest BCUT2D eigenvalue weighted by Gasteiger charge is 2.28. The van der Waals surface area contributed by atoms with Crippen molar-refractivity contribution in [3.63, 3.8) is 0 Å². The molecule has 1 aromatic carbocycles. The van der Waals surface area contributed by atoms with Crippen LogP contribution < -0.4 is 10.6 Å². The highest BCUT2D eigenvalue weighted by atomic mass is 35.5. The third kappa shape index (κ3) is 4.21. The van der Waals surface area contributed by atoms with Gasteiger partial charge in [0.15, 0.2) is 9.84 Å². The largest absolute Gasteiger partial charge is 0.350 e. The third-order valence-electron chi connectivity index (χ3n) is 3.54. The van der Waals surface area contributed by atoms with Crippen LogP contribution >= 0.6 is 11.6 Å². The summed E-state index contributed by atoms with van der Waals surface area (Å²) >= 11 is 5.88. The Morgan fingerprint density at radius 3 is 2.83 bits per heavy atom. The zero-order valence-corrected chi connectivity index (χ0v) is 14.1. The van der Waals surface area contributed by atoms with Crippen molar-refractivity contribution in [1.29, 1.82) is 0 Å². The molecule has 1 aromatic heterocycles. The van der Waals surface area contributed by atoms with E-state index in [0.717, 1.165) is 0 Å². The van der Waals surface area contributed by atoms with E-state index in [1.807, 2.05) is 0 Å². The summed E-state index contributed by atoms with van der Waals surface area (Å²) in [5.74, 6) is 0.0344. The van der Waals surface area contributed by atoms with Gasteiger partial charge in [-0.15, -0.1) is 0 Å². The van der Waals surface area contributed by atoms with E-state index in [4.69, 9.17) is 11.6 Å². The van der Waals surface area contributed by atoms with E-state index in [9.17, 15) is 13.2 Å². The summed E-state index contributed by atoms with van der Waals surface area (Å²) in [7, 11) is -3.00. The van der Waals surface area contributed by atoms with Crippen molar-refractivity contribution in [2.75, 3.05) is 22.1 Å².